The number of nitrogens with zero attached hydrogens (tertiary/aromatic N) is 6. The molecule has 22 nitrogen and oxygen atoms in total. The first-order valence-electron chi connectivity index (χ1n) is 21.1. The van der Waals surface area contributed by atoms with Crippen molar-refractivity contribution in [3.05, 3.63) is 119 Å². The summed E-state index contributed by atoms with van der Waals surface area (Å²) < 4.78 is 51.5. The molecule has 8 N–H and O–H groups in total. The lowest BCUT2D eigenvalue weighted by atomic mass is 10.1. The van der Waals surface area contributed by atoms with Crippen molar-refractivity contribution in [1.82, 2.24) is 61.1 Å². The van der Waals surface area contributed by atoms with Crippen molar-refractivity contribution in [3.63, 3.8) is 0 Å². The topological polar surface area (TPSA) is 311 Å². The molecule has 354 valence electrons. The van der Waals surface area contributed by atoms with Gasteiger partial charge in [-0.3, -0.25) is 30.0 Å². The quantitative estimate of drug-likeness (QED) is 0.0510. The highest BCUT2D eigenvalue weighted by Gasteiger charge is 2.21. The van der Waals surface area contributed by atoms with Gasteiger partial charge in [0.2, 0.25) is 23.6 Å². The van der Waals surface area contributed by atoms with Gasteiger partial charge in [-0.25, -0.2) is 16.8 Å². The Morgan fingerprint density at radius 2 is 0.824 bits per heavy atom. The highest BCUT2D eigenvalue weighted by Crippen LogP contribution is 2.30. The van der Waals surface area contributed by atoms with Crippen molar-refractivity contribution in [2.24, 2.45) is 0 Å². The normalized spacial score (nSPS) is 11.7. The molecule has 7 aromatic rings. The molecule has 0 unspecified atom stereocenters. The summed E-state index contributed by atoms with van der Waals surface area (Å²) in [5, 5.41) is 45.1. The van der Waals surface area contributed by atoms with Crippen LogP contribution in [0.15, 0.2) is 107 Å². The van der Waals surface area contributed by atoms with E-state index >= 15 is 0 Å². The Morgan fingerprint density at radius 3 is 1.15 bits per heavy atom. The fraction of sp³-hybridized carbons (Fsp3) is 0.227. The first-order chi connectivity index (χ1) is 32.5. The number of rotatable bonds is 20. The molecule has 0 atom stereocenters. The number of phenolic OH excluding ortho intramolecular Hbond substituents is 2. The van der Waals surface area contributed by atoms with E-state index in [9.17, 15) is 46.2 Å². The lowest BCUT2D eigenvalue weighted by molar-refractivity contribution is -0.126. The minimum absolute atomic E-state index is 0.0808. The fourth-order valence-electron chi connectivity index (χ4n) is 6.71. The maximum Gasteiger partial charge on any atom is 0.257 e. The van der Waals surface area contributed by atoms with Gasteiger partial charge in [-0.2, -0.15) is 0 Å². The predicted octanol–water partition coefficient (Wildman–Crippen LogP) is 2.50. The van der Waals surface area contributed by atoms with Crippen LogP contribution < -0.4 is 31.1 Å². The summed E-state index contributed by atoms with van der Waals surface area (Å²) in [4.78, 5) is 55.8. The largest absolute Gasteiger partial charge is 0.505 e. The van der Waals surface area contributed by atoms with Crippen molar-refractivity contribution >= 4 is 65.7 Å². The van der Waals surface area contributed by atoms with Gasteiger partial charge in [-0.15, -0.1) is 39.6 Å². The van der Waals surface area contributed by atoms with E-state index in [1.165, 1.54) is 9.59 Å². The number of fused-ring (bicyclic) bond motifs is 2. The van der Waals surface area contributed by atoms with Crippen molar-refractivity contribution in [3.8, 4) is 22.9 Å². The van der Waals surface area contributed by atoms with Gasteiger partial charge < -0.3 is 20.8 Å². The summed E-state index contributed by atoms with van der Waals surface area (Å²) in [5.41, 5.74) is 9.69. The average Bonchev–Trinajstić information content (AvgIpc) is 3.98. The Kier molecular flexibility index (Phi) is 14.7. The molecule has 0 radical (unpaired) electrons. The number of carbonyl (C=O) groups excluding carboxylic acids is 4. The summed E-state index contributed by atoms with van der Waals surface area (Å²) in [6, 6.07) is 25.2. The molecule has 5 aromatic carbocycles. The number of aromatic hydroxyl groups is 2. The molecule has 2 heterocycles. The number of aromatic nitrogens is 6. The number of nitrogens with one attached hydrogen (secondary N) is 6. The number of sulfonamides is 2. The Balaban J connectivity index is 0.831. The van der Waals surface area contributed by atoms with Crippen LogP contribution in [0.3, 0.4) is 0 Å². The number of carbonyl (C=O) groups is 4. The summed E-state index contributed by atoms with van der Waals surface area (Å²) >= 11 is 0. The molecule has 0 fully saturated rings. The molecule has 68 heavy (non-hydrogen) atoms. The van der Waals surface area contributed by atoms with E-state index in [2.05, 4.69) is 31.0 Å². The van der Waals surface area contributed by atoms with Crippen LogP contribution in [0, 0.1) is 0 Å². The van der Waals surface area contributed by atoms with Gasteiger partial charge >= 0.3 is 0 Å². The van der Waals surface area contributed by atoms with Gasteiger partial charge in [0.05, 0.1) is 9.79 Å². The van der Waals surface area contributed by atoms with Gasteiger partial charge in [-0.05, 0) is 84.6 Å². The van der Waals surface area contributed by atoms with E-state index in [-0.39, 0.29) is 37.4 Å². The summed E-state index contributed by atoms with van der Waals surface area (Å²) in [6.45, 7) is 3.69. The van der Waals surface area contributed by atoms with Crippen LogP contribution in [-0.4, -0.2) is 80.7 Å². The molecule has 7 rings (SSSR count). The number of amides is 4. The van der Waals surface area contributed by atoms with Crippen LogP contribution in [0.1, 0.15) is 61.8 Å². The SMILES string of the molecule is CCc1cc(CNC(=O)CCC(=O)NNS(=O)(=O)c2ccc(S(=O)(=O)NNC(=O)CCC(=O)NCc3cc(CC)cc(-n4nc5ccccc5n4)c3O)cc2)c(O)c(-n2nc3ccccc3n2)c1. The summed E-state index contributed by atoms with van der Waals surface area (Å²) in [6.07, 6.45) is -0.232. The maximum atomic E-state index is 12.9. The molecular formula is C44H46N12O10S2. The third-order valence-corrected chi connectivity index (χ3v) is 13.0. The fourth-order valence-corrected chi connectivity index (χ4v) is 8.43. The van der Waals surface area contributed by atoms with Crippen LogP contribution in [0.25, 0.3) is 33.4 Å². The molecule has 0 spiro atoms. The van der Waals surface area contributed by atoms with E-state index < -0.39 is 66.3 Å². The lowest BCUT2D eigenvalue weighted by Crippen LogP contribution is -2.42. The first kappa shape index (κ1) is 48.1. The molecule has 4 amide bonds. The molecular weight excluding hydrogens is 921 g/mol. The Morgan fingerprint density at radius 1 is 0.500 bits per heavy atom. The second kappa shape index (κ2) is 20.8. The molecule has 0 aliphatic heterocycles. The summed E-state index contributed by atoms with van der Waals surface area (Å²) in [5.74, 6) is -3.07. The Bertz CT molecular complexity index is 2980. The lowest BCUT2D eigenvalue weighted by Gasteiger charge is -2.13. The van der Waals surface area contributed by atoms with Gasteiger partial charge in [0.15, 0.2) is 0 Å². The van der Waals surface area contributed by atoms with Crippen LogP contribution in [0.5, 0.6) is 11.5 Å². The second-order valence-electron chi connectivity index (χ2n) is 15.2. The zero-order valence-electron chi connectivity index (χ0n) is 36.6. The van der Waals surface area contributed by atoms with Gasteiger partial charge in [-0.1, -0.05) is 50.2 Å². The van der Waals surface area contributed by atoms with Crippen LogP contribution in [0.4, 0.5) is 0 Å². The highest BCUT2D eigenvalue weighted by atomic mass is 32.2. The number of hydrogen-bond donors (Lipinski definition) is 8. The Labute approximate surface area is 389 Å². The minimum atomic E-state index is -4.41. The zero-order valence-corrected chi connectivity index (χ0v) is 38.2. The molecule has 2 aromatic heterocycles. The van der Waals surface area contributed by atoms with E-state index in [1.54, 1.807) is 48.5 Å². The molecule has 0 bridgehead atoms. The molecule has 0 saturated heterocycles. The molecule has 24 heteroatoms. The first-order valence-corrected chi connectivity index (χ1v) is 24.1. The number of benzene rings is 5. The molecule has 0 aliphatic carbocycles. The minimum Gasteiger partial charge on any atom is -0.505 e. The zero-order chi connectivity index (χ0) is 48.6. The van der Waals surface area contributed by atoms with Crippen molar-refractivity contribution in [2.75, 3.05) is 0 Å². The van der Waals surface area contributed by atoms with E-state index in [0.717, 1.165) is 35.4 Å². The third kappa shape index (κ3) is 11.6. The standard InChI is InChI=1S/C44H46N12O10S2/c1-3-27-21-29(43(61)37(23-27)55-49-33-9-5-6-10-34(33)50-55)25-45-39(57)17-19-41(59)47-53-67(63,64)31-13-15-32(16-14-31)68(65,66)54-48-42(60)20-18-40(58)46-26-30-22-28(4-2)24-38(44(30)62)56-51-35-11-7-8-12-36(35)52-56/h5-16,21-24,53-54,61-62H,3-4,17-20,25-26H2,1-2H3,(H,45,57)(H,46,58)(H,47,59)(H,48,60). The average molecular weight is 967 g/mol. The number of hydrogen-bond acceptors (Lipinski definition) is 14. The molecule has 0 aliphatic rings. The number of phenols is 2. The molecule has 0 saturated carbocycles. The third-order valence-electron chi connectivity index (χ3n) is 10.5. The van der Waals surface area contributed by atoms with Gasteiger partial charge in [0.1, 0.15) is 44.9 Å². The maximum absolute atomic E-state index is 12.9. The predicted molar refractivity (Wildman–Crippen MR) is 245 cm³/mol. The van der Waals surface area contributed by atoms with E-state index in [4.69, 9.17) is 0 Å². The van der Waals surface area contributed by atoms with Crippen LogP contribution in [0.2, 0.25) is 0 Å². The second-order valence-corrected chi connectivity index (χ2v) is 18.6. The van der Waals surface area contributed by atoms with Crippen LogP contribution in [-0.2, 0) is 65.2 Å². The summed E-state index contributed by atoms with van der Waals surface area (Å²) in [7, 11) is -8.81. The van der Waals surface area contributed by atoms with Crippen molar-refractivity contribution in [1.29, 1.82) is 0 Å². The van der Waals surface area contributed by atoms with E-state index in [0.29, 0.717) is 57.4 Å². The van der Waals surface area contributed by atoms with Crippen molar-refractivity contribution < 1.29 is 46.2 Å². The van der Waals surface area contributed by atoms with Crippen LogP contribution >= 0.6 is 0 Å². The van der Waals surface area contributed by atoms with E-state index in [1.807, 2.05) is 58.6 Å². The number of hydrazine groups is 2. The smallest absolute Gasteiger partial charge is 0.257 e. The Hall–Kier alpha value is -7.80. The highest BCUT2D eigenvalue weighted by molar-refractivity contribution is 7.90. The monoisotopic (exact) mass is 966 g/mol. The van der Waals surface area contributed by atoms with Crippen molar-refractivity contribution in [2.45, 2.75) is 75.3 Å². The number of aryl methyl sites for hydroxylation is 2. The van der Waals surface area contributed by atoms with Gasteiger partial charge in [0.25, 0.3) is 20.0 Å². The van der Waals surface area contributed by atoms with Gasteiger partial charge in [0, 0.05) is 49.9 Å².